The molecular weight excluding hydrogens is 80.0 g/mol. The lowest BCUT2D eigenvalue weighted by Crippen LogP contribution is -1.69. The second-order valence-electron chi connectivity index (χ2n) is 0.656. The van der Waals surface area contributed by atoms with Gasteiger partial charge < -0.3 is 4.74 Å². The van der Waals surface area contributed by atoms with E-state index >= 15 is 0 Å². The van der Waals surface area contributed by atoms with Gasteiger partial charge in [-0.25, -0.2) is 4.79 Å². The lowest BCUT2D eigenvalue weighted by atomic mass is 10.7. The maximum Gasteiger partial charge on any atom is 0.122 e. The monoisotopic (exact) mass is 85.0 g/mol. The van der Waals surface area contributed by atoms with Crippen LogP contribution in [-0.4, -0.2) is 13.1 Å². The Balaban J connectivity index is 2.86. The Bertz CT molecular complexity index is 61.9. The van der Waals surface area contributed by atoms with Gasteiger partial charge in [-0.2, -0.15) is 0 Å². The van der Waals surface area contributed by atoms with Crippen molar-refractivity contribution in [1.29, 1.82) is 0 Å². The molecule has 0 atom stereocenters. The molecule has 2 heteroatoms. The molecule has 0 aliphatic carbocycles. The number of hydrogen-bond acceptors (Lipinski definition) is 2. The van der Waals surface area contributed by atoms with Gasteiger partial charge in [0.1, 0.15) is 12.5 Å². The summed E-state index contributed by atoms with van der Waals surface area (Å²) in [5, 5.41) is 0. The van der Waals surface area contributed by atoms with Crippen molar-refractivity contribution in [2.75, 3.05) is 7.11 Å². The molecule has 33 valence electrons. The molecule has 0 N–H and O–H groups in total. The Morgan fingerprint density at radius 2 is 2.50 bits per heavy atom. The van der Waals surface area contributed by atoms with Gasteiger partial charge in [0.05, 0.1) is 0 Å². The van der Waals surface area contributed by atoms with E-state index in [0.717, 1.165) is 6.08 Å². The molecule has 0 bridgehead atoms. The largest absolute Gasteiger partial charge is 0.374 e. The molecule has 0 unspecified atom stereocenters. The summed E-state index contributed by atoms with van der Waals surface area (Å²) in [4.78, 5) is 9.27. The molecule has 0 aromatic carbocycles. The van der Waals surface area contributed by atoms with Gasteiger partial charge >= 0.3 is 0 Å². The Kier molecular flexibility index (Phi) is 3.98. The molecule has 0 spiro atoms. The number of carbonyl (C=O) groups excluding carboxylic acids is 1. The summed E-state index contributed by atoms with van der Waals surface area (Å²) in [5.74, 6) is 1.51. The zero-order valence-corrected chi connectivity index (χ0v) is 3.47. The molecule has 0 aromatic rings. The second kappa shape index (κ2) is 4.41. The van der Waals surface area contributed by atoms with Crippen LogP contribution in [-0.2, 0) is 9.53 Å². The van der Waals surface area contributed by atoms with Crippen LogP contribution in [0, 0.1) is 6.61 Å². The smallest absolute Gasteiger partial charge is 0.122 e. The number of ether oxygens (including phenoxy) is 1. The van der Waals surface area contributed by atoms with Crippen LogP contribution in [0.4, 0.5) is 0 Å². The van der Waals surface area contributed by atoms with Gasteiger partial charge in [-0.05, 0) is 0 Å². The van der Waals surface area contributed by atoms with E-state index < -0.39 is 0 Å². The van der Waals surface area contributed by atoms with Gasteiger partial charge in [0, 0.05) is 13.2 Å². The van der Waals surface area contributed by atoms with Crippen LogP contribution < -0.4 is 0 Å². The first kappa shape index (κ1) is 5.41. The van der Waals surface area contributed by atoms with Crippen molar-refractivity contribution in [3.63, 3.8) is 0 Å². The minimum atomic E-state index is 1.15. The normalized spacial score (nSPS) is 6.83. The molecule has 1 radical (unpaired) electrons. The van der Waals surface area contributed by atoms with Crippen LogP contribution in [0.3, 0.4) is 0 Å². The number of hydrogen-bond donors (Lipinski definition) is 0. The quantitative estimate of drug-likeness (QED) is 0.447. The highest BCUT2D eigenvalue weighted by atomic mass is 16.5. The van der Waals surface area contributed by atoms with Crippen molar-refractivity contribution in [2.45, 2.75) is 0 Å². The minimum Gasteiger partial charge on any atom is -0.374 e. The molecule has 0 rings (SSSR count). The lowest BCUT2D eigenvalue weighted by molar-refractivity contribution is 0.297. The van der Waals surface area contributed by atoms with Crippen molar-refractivity contribution < 1.29 is 9.53 Å². The summed E-state index contributed by atoms with van der Waals surface area (Å²) in [6.45, 7) is 1.26. The average molecular weight is 85.1 g/mol. The highest BCUT2D eigenvalue weighted by Crippen LogP contribution is 1.70. The van der Waals surface area contributed by atoms with Crippen LogP contribution in [0.1, 0.15) is 0 Å². The molecule has 0 aliphatic rings. The summed E-state index contributed by atoms with van der Waals surface area (Å²) in [7, 11) is 1.47. The fraction of sp³-hybridized carbons (Fsp3) is 0.250. The van der Waals surface area contributed by atoms with Crippen LogP contribution in [0.5, 0.6) is 0 Å². The van der Waals surface area contributed by atoms with E-state index in [4.69, 9.17) is 0 Å². The van der Waals surface area contributed by atoms with Crippen molar-refractivity contribution in [3.05, 3.63) is 12.7 Å². The third kappa shape index (κ3) is 3.41. The van der Waals surface area contributed by atoms with Gasteiger partial charge in [-0.3, -0.25) is 0 Å². The Morgan fingerprint density at radius 3 is 2.67 bits per heavy atom. The van der Waals surface area contributed by atoms with E-state index in [1.807, 2.05) is 0 Å². The molecule has 0 heterocycles. The highest BCUT2D eigenvalue weighted by molar-refractivity contribution is 5.46. The zero-order chi connectivity index (χ0) is 4.83. The summed E-state index contributed by atoms with van der Waals surface area (Å²) < 4.78 is 4.34. The van der Waals surface area contributed by atoms with E-state index in [0.29, 0.717) is 0 Å². The molecule has 0 aromatic heterocycles. The van der Waals surface area contributed by atoms with Gasteiger partial charge in [-0.15, -0.1) is 0 Å². The van der Waals surface area contributed by atoms with Crippen LogP contribution >= 0.6 is 0 Å². The Hall–Kier alpha value is -0.590. The average Bonchev–Trinajstić information content (AvgIpc) is 1.61. The first-order valence-corrected chi connectivity index (χ1v) is 1.47. The molecule has 0 amide bonds. The summed E-state index contributed by atoms with van der Waals surface area (Å²) in [6.07, 6.45) is 1.15. The Labute approximate surface area is 36.4 Å². The van der Waals surface area contributed by atoms with Gasteiger partial charge in [-0.1, -0.05) is 0 Å². The lowest BCUT2D eigenvalue weighted by Gasteiger charge is -1.76. The summed E-state index contributed by atoms with van der Waals surface area (Å²) >= 11 is 0. The molecule has 0 aliphatic heterocycles. The SMILES string of the molecule is CO[CH]C=C=O. The van der Waals surface area contributed by atoms with E-state index in [1.54, 1.807) is 0 Å². The van der Waals surface area contributed by atoms with Crippen molar-refractivity contribution in [1.82, 2.24) is 0 Å². The van der Waals surface area contributed by atoms with E-state index in [9.17, 15) is 4.79 Å². The highest BCUT2D eigenvalue weighted by Gasteiger charge is 1.65. The van der Waals surface area contributed by atoms with Crippen molar-refractivity contribution in [2.24, 2.45) is 0 Å². The van der Waals surface area contributed by atoms with E-state index in [2.05, 4.69) is 4.74 Å². The van der Waals surface area contributed by atoms with Crippen LogP contribution in [0.25, 0.3) is 0 Å². The molecule has 2 nitrogen and oxygen atoms in total. The molecule has 0 saturated heterocycles. The van der Waals surface area contributed by atoms with Gasteiger partial charge in [0.2, 0.25) is 0 Å². The fourth-order valence-corrected chi connectivity index (χ4v) is 0.0958. The minimum absolute atomic E-state index is 1.15. The molecule has 0 saturated carbocycles. The maximum absolute atomic E-state index is 9.27. The third-order valence-corrected chi connectivity index (χ3v) is 0.272. The van der Waals surface area contributed by atoms with E-state index in [1.165, 1.54) is 19.7 Å². The number of methoxy groups -OCH3 is 1. The Morgan fingerprint density at radius 1 is 1.83 bits per heavy atom. The third-order valence-electron chi connectivity index (χ3n) is 0.272. The van der Waals surface area contributed by atoms with E-state index in [-0.39, 0.29) is 0 Å². The second-order valence-corrected chi connectivity index (χ2v) is 0.656. The van der Waals surface area contributed by atoms with Gasteiger partial charge in [0.25, 0.3) is 0 Å². The topological polar surface area (TPSA) is 26.3 Å². The van der Waals surface area contributed by atoms with Crippen molar-refractivity contribution in [3.8, 4) is 0 Å². The standard InChI is InChI=1S/C4H5O2/c1-6-4-2-3-5/h2,4H,1H3. The predicted octanol–water partition coefficient (Wildman–Crippen LogP) is 0.182. The molecule has 0 fully saturated rings. The first-order valence-electron chi connectivity index (χ1n) is 1.47. The summed E-state index contributed by atoms with van der Waals surface area (Å²) in [6, 6.07) is 0. The van der Waals surface area contributed by atoms with Crippen molar-refractivity contribution >= 4 is 5.94 Å². The fourth-order valence-electron chi connectivity index (χ4n) is 0.0958. The maximum atomic E-state index is 9.27. The predicted molar refractivity (Wildman–Crippen MR) is 21.6 cm³/mol. The zero-order valence-electron chi connectivity index (χ0n) is 3.47. The van der Waals surface area contributed by atoms with Crippen LogP contribution in [0.2, 0.25) is 0 Å². The van der Waals surface area contributed by atoms with Gasteiger partial charge in [0.15, 0.2) is 0 Å². The molecule has 6 heavy (non-hydrogen) atoms. The first-order chi connectivity index (χ1) is 2.91. The number of rotatable bonds is 2. The molecular formula is C4H5O2. The summed E-state index contributed by atoms with van der Waals surface area (Å²) in [5.41, 5.74) is 0. The van der Waals surface area contributed by atoms with Crippen LogP contribution in [0.15, 0.2) is 6.08 Å².